The standard InChI is InChI=1S/C15H22N4O5/c1-23-11(8-18-14(16)17)7-12(13(20)21)19-15(22)24-9-10-5-3-2-4-6-10/h2-6,11-12H,7-9H2,1H3,(H,19,22)(H,20,21)(H4,16,17,18)/t11?,12-/m0/s1. The fourth-order valence-electron chi connectivity index (χ4n) is 1.84. The zero-order chi connectivity index (χ0) is 17.9. The van der Waals surface area contributed by atoms with E-state index in [2.05, 4.69) is 10.3 Å². The van der Waals surface area contributed by atoms with Crippen LogP contribution in [0.25, 0.3) is 0 Å². The third-order valence-corrected chi connectivity index (χ3v) is 3.11. The lowest BCUT2D eigenvalue weighted by atomic mass is 10.1. The van der Waals surface area contributed by atoms with E-state index in [1.165, 1.54) is 7.11 Å². The zero-order valence-electron chi connectivity index (χ0n) is 13.3. The minimum atomic E-state index is -1.21. The zero-order valence-corrected chi connectivity index (χ0v) is 13.3. The summed E-state index contributed by atoms with van der Waals surface area (Å²) in [5.74, 6) is -1.34. The van der Waals surface area contributed by atoms with Gasteiger partial charge in [-0.3, -0.25) is 4.99 Å². The fraction of sp³-hybridized carbons (Fsp3) is 0.400. The number of methoxy groups -OCH3 is 1. The molecule has 0 aliphatic heterocycles. The van der Waals surface area contributed by atoms with Crippen molar-refractivity contribution < 1.29 is 24.2 Å². The van der Waals surface area contributed by atoms with Crippen LogP contribution in [0.5, 0.6) is 0 Å². The summed E-state index contributed by atoms with van der Waals surface area (Å²) in [6.45, 7) is 0.129. The van der Waals surface area contributed by atoms with Gasteiger partial charge >= 0.3 is 12.1 Å². The number of carboxylic acids is 1. The van der Waals surface area contributed by atoms with Gasteiger partial charge in [-0.05, 0) is 5.56 Å². The van der Waals surface area contributed by atoms with E-state index in [9.17, 15) is 14.7 Å². The van der Waals surface area contributed by atoms with Crippen LogP contribution in [0, 0.1) is 0 Å². The highest BCUT2D eigenvalue weighted by Crippen LogP contribution is 2.05. The van der Waals surface area contributed by atoms with E-state index >= 15 is 0 Å². The van der Waals surface area contributed by atoms with E-state index in [1.54, 1.807) is 12.1 Å². The van der Waals surface area contributed by atoms with Crippen molar-refractivity contribution in [3.63, 3.8) is 0 Å². The molecule has 0 aliphatic carbocycles. The van der Waals surface area contributed by atoms with Crippen molar-refractivity contribution in [1.82, 2.24) is 5.32 Å². The van der Waals surface area contributed by atoms with E-state index < -0.39 is 24.2 Å². The molecule has 9 heteroatoms. The van der Waals surface area contributed by atoms with Crippen LogP contribution in [-0.4, -0.2) is 48.9 Å². The van der Waals surface area contributed by atoms with Crippen molar-refractivity contribution >= 4 is 18.0 Å². The Morgan fingerprint density at radius 1 is 1.29 bits per heavy atom. The van der Waals surface area contributed by atoms with Crippen molar-refractivity contribution in [2.24, 2.45) is 16.5 Å². The molecule has 6 N–H and O–H groups in total. The van der Waals surface area contributed by atoms with Crippen LogP contribution < -0.4 is 16.8 Å². The summed E-state index contributed by atoms with van der Waals surface area (Å²) in [7, 11) is 1.40. The van der Waals surface area contributed by atoms with Crippen LogP contribution in [0.1, 0.15) is 12.0 Å². The molecule has 1 aromatic carbocycles. The van der Waals surface area contributed by atoms with Gasteiger partial charge in [0.1, 0.15) is 12.6 Å². The molecule has 0 bridgehead atoms. The summed E-state index contributed by atoms with van der Waals surface area (Å²) in [4.78, 5) is 26.8. The SMILES string of the molecule is COC(CN=C(N)N)C[C@H](NC(=O)OCc1ccccc1)C(=O)O. The van der Waals surface area contributed by atoms with Crippen LogP contribution >= 0.6 is 0 Å². The monoisotopic (exact) mass is 338 g/mol. The molecule has 132 valence electrons. The Labute approximate surface area is 139 Å². The van der Waals surface area contributed by atoms with Gasteiger partial charge in [-0.25, -0.2) is 9.59 Å². The lowest BCUT2D eigenvalue weighted by Crippen LogP contribution is -2.44. The number of hydrogen-bond donors (Lipinski definition) is 4. The Bertz CT molecular complexity index is 560. The predicted octanol–water partition coefficient (Wildman–Crippen LogP) is 0.0445. The van der Waals surface area contributed by atoms with Gasteiger partial charge in [-0.15, -0.1) is 0 Å². The molecule has 9 nitrogen and oxygen atoms in total. The number of amides is 1. The molecular formula is C15H22N4O5. The first-order valence-corrected chi connectivity index (χ1v) is 7.20. The number of rotatable bonds is 9. The molecule has 1 aromatic rings. The third kappa shape index (κ3) is 7.45. The minimum Gasteiger partial charge on any atom is -0.480 e. The molecule has 2 atom stereocenters. The predicted molar refractivity (Wildman–Crippen MR) is 87.3 cm³/mol. The molecule has 0 fully saturated rings. The number of nitrogens with two attached hydrogens (primary N) is 2. The van der Waals surface area contributed by atoms with Gasteiger partial charge in [-0.2, -0.15) is 0 Å². The van der Waals surface area contributed by atoms with E-state index in [1.807, 2.05) is 18.2 Å². The van der Waals surface area contributed by atoms with Crippen LogP contribution in [0.15, 0.2) is 35.3 Å². The van der Waals surface area contributed by atoms with Gasteiger partial charge in [0.15, 0.2) is 5.96 Å². The van der Waals surface area contributed by atoms with Crippen molar-refractivity contribution in [2.75, 3.05) is 13.7 Å². The smallest absolute Gasteiger partial charge is 0.408 e. The molecule has 0 saturated heterocycles. The quantitative estimate of drug-likeness (QED) is 0.367. The Kier molecular flexibility index (Phi) is 8.06. The number of nitrogens with zero attached hydrogens (tertiary/aromatic N) is 1. The average molecular weight is 338 g/mol. The number of aliphatic imine (C=N–C) groups is 1. The summed E-state index contributed by atoms with van der Waals surface area (Å²) >= 11 is 0. The second-order valence-electron chi connectivity index (χ2n) is 4.96. The van der Waals surface area contributed by atoms with Gasteiger partial charge in [0.2, 0.25) is 0 Å². The van der Waals surface area contributed by atoms with Crippen molar-refractivity contribution in [2.45, 2.75) is 25.2 Å². The number of nitrogens with one attached hydrogen (secondary N) is 1. The van der Waals surface area contributed by atoms with Crippen LogP contribution in [0.3, 0.4) is 0 Å². The maximum absolute atomic E-state index is 11.8. The molecule has 0 aromatic heterocycles. The van der Waals surface area contributed by atoms with E-state index in [-0.39, 0.29) is 25.5 Å². The first-order chi connectivity index (χ1) is 11.4. The molecule has 0 saturated carbocycles. The van der Waals surface area contributed by atoms with Gasteiger partial charge < -0.3 is 31.4 Å². The molecule has 0 spiro atoms. The highest BCUT2D eigenvalue weighted by atomic mass is 16.5. The topological polar surface area (TPSA) is 149 Å². The summed E-state index contributed by atoms with van der Waals surface area (Å²) in [5.41, 5.74) is 11.2. The van der Waals surface area contributed by atoms with E-state index in [4.69, 9.17) is 20.9 Å². The lowest BCUT2D eigenvalue weighted by Gasteiger charge is -2.19. The Morgan fingerprint density at radius 3 is 2.50 bits per heavy atom. The third-order valence-electron chi connectivity index (χ3n) is 3.11. The molecule has 0 radical (unpaired) electrons. The minimum absolute atomic E-state index is 0.0109. The number of carboxylic acid groups (broad SMARTS) is 1. The maximum atomic E-state index is 11.8. The number of aliphatic carboxylic acids is 1. The van der Waals surface area contributed by atoms with Gasteiger partial charge in [0.25, 0.3) is 0 Å². The summed E-state index contributed by atoms with van der Waals surface area (Å²) in [6, 6.07) is 7.85. The molecule has 1 rings (SSSR count). The summed E-state index contributed by atoms with van der Waals surface area (Å²) in [6.07, 6.45) is -1.41. The number of benzene rings is 1. The van der Waals surface area contributed by atoms with Gasteiger partial charge in [0.05, 0.1) is 12.6 Å². The lowest BCUT2D eigenvalue weighted by molar-refractivity contribution is -0.140. The number of carbonyl (C=O) groups excluding carboxylic acids is 1. The van der Waals surface area contributed by atoms with Crippen molar-refractivity contribution in [3.05, 3.63) is 35.9 Å². The Morgan fingerprint density at radius 2 is 1.96 bits per heavy atom. The van der Waals surface area contributed by atoms with Crippen LogP contribution in [0.4, 0.5) is 4.79 Å². The van der Waals surface area contributed by atoms with E-state index in [0.29, 0.717) is 0 Å². The average Bonchev–Trinajstić information content (AvgIpc) is 2.56. The number of guanidine groups is 1. The van der Waals surface area contributed by atoms with Gasteiger partial charge in [0, 0.05) is 13.5 Å². The highest BCUT2D eigenvalue weighted by molar-refractivity contribution is 5.80. The van der Waals surface area contributed by atoms with Crippen LogP contribution in [0.2, 0.25) is 0 Å². The van der Waals surface area contributed by atoms with E-state index in [0.717, 1.165) is 5.56 Å². The first-order valence-electron chi connectivity index (χ1n) is 7.20. The highest BCUT2D eigenvalue weighted by Gasteiger charge is 2.25. The maximum Gasteiger partial charge on any atom is 0.408 e. The number of alkyl carbamates (subject to hydrolysis) is 1. The largest absolute Gasteiger partial charge is 0.480 e. The van der Waals surface area contributed by atoms with Crippen molar-refractivity contribution in [3.8, 4) is 0 Å². The number of hydrogen-bond acceptors (Lipinski definition) is 5. The number of ether oxygens (including phenoxy) is 2. The molecule has 1 amide bonds. The normalized spacial score (nSPS) is 12.7. The first kappa shape index (κ1) is 19.2. The summed E-state index contributed by atoms with van der Waals surface area (Å²) in [5, 5.41) is 11.5. The molecule has 0 heterocycles. The second kappa shape index (κ2) is 10.1. The molecule has 0 aliphatic rings. The van der Waals surface area contributed by atoms with Crippen molar-refractivity contribution in [1.29, 1.82) is 0 Å². The molecular weight excluding hydrogens is 316 g/mol. The fourth-order valence-corrected chi connectivity index (χ4v) is 1.84. The van der Waals surface area contributed by atoms with Gasteiger partial charge in [-0.1, -0.05) is 30.3 Å². The molecule has 24 heavy (non-hydrogen) atoms. The molecule has 1 unspecified atom stereocenters. The van der Waals surface area contributed by atoms with Crippen LogP contribution in [-0.2, 0) is 20.9 Å². The Hall–Kier alpha value is -2.81. The second-order valence-corrected chi connectivity index (χ2v) is 4.96. The summed E-state index contributed by atoms with van der Waals surface area (Å²) < 4.78 is 10.1. The Balaban J connectivity index is 2.53. The number of carbonyl (C=O) groups is 2.